The number of esters is 1. The van der Waals surface area contributed by atoms with Crippen molar-refractivity contribution in [3.8, 4) is 0 Å². The summed E-state index contributed by atoms with van der Waals surface area (Å²) in [6.07, 6.45) is -2.39. The van der Waals surface area contributed by atoms with Gasteiger partial charge in [0, 0.05) is 12.6 Å². The van der Waals surface area contributed by atoms with Crippen LogP contribution >= 0.6 is 0 Å². The van der Waals surface area contributed by atoms with E-state index in [1.807, 2.05) is 0 Å². The molecule has 4 aliphatic heterocycles. The van der Waals surface area contributed by atoms with Gasteiger partial charge in [-0.15, -0.1) is 5.11 Å². The lowest BCUT2D eigenvalue weighted by Crippen LogP contribution is -2.94. The summed E-state index contributed by atoms with van der Waals surface area (Å²) >= 11 is 0. The molecule has 6 N–H and O–H groups in total. The standard InChI is InChI=1S/C31H37N3O9/c1-17(2)28(39)23(41-22(36)20-12-9-15-32-20)30(40)24(4)16-27(38)25(28,5)31(43-30,34-33-19-10-7-6-8-11-19)29(42-27)21(35)18(3)13-14-26(24,29)37/h6-12,15,17,21,23,32,35,37-40H,3,13-14,16H2,1-2,4-5H3/t21-,23-,24+,25+,26+,27?,28-,29-,30+,31-/m1/s1. The molecule has 5 aliphatic rings. The molecular weight excluding hydrogens is 558 g/mol. The van der Waals surface area contributed by atoms with Crippen LogP contribution in [0, 0.1) is 16.7 Å². The van der Waals surface area contributed by atoms with Crippen molar-refractivity contribution in [3.63, 3.8) is 0 Å². The second kappa shape index (κ2) is 8.19. The first-order chi connectivity index (χ1) is 20.1. The lowest BCUT2D eigenvalue weighted by atomic mass is 9.43. The number of H-pyrrole nitrogens is 1. The van der Waals surface area contributed by atoms with Gasteiger partial charge in [-0.3, -0.25) is 0 Å². The Balaban J connectivity index is 1.58. The third kappa shape index (κ3) is 2.69. The highest BCUT2D eigenvalue weighted by Gasteiger charge is 3.04. The summed E-state index contributed by atoms with van der Waals surface area (Å²) in [5.74, 6) is -6.81. The van der Waals surface area contributed by atoms with Gasteiger partial charge in [0.2, 0.25) is 11.5 Å². The van der Waals surface area contributed by atoms with Crippen LogP contribution in [-0.2, 0) is 14.2 Å². The summed E-state index contributed by atoms with van der Waals surface area (Å²) in [7, 11) is 0. The van der Waals surface area contributed by atoms with Gasteiger partial charge in [0.15, 0.2) is 17.5 Å². The van der Waals surface area contributed by atoms with Crippen molar-refractivity contribution >= 4 is 11.7 Å². The molecule has 5 fully saturated rings. The molecule has 0 amide bonds. The van der Waals surface area contributed by atoms with Crippen molar-refractivity contribution in [1.82, 2.24) is 4.98 Å². The molecule has 1 saturated carbocycles. The Labute approximate surface area is 248 Å². The largest absolute Gasteiger partial charge is 0.449 e. The maximum Gasteiger partial charge on any atom is 0.355 e. The van der Waals surface area contributed by atoms with E-state index in [9.17, 15) is 30.3 Å². The first-order valence-corrected chi connectivity index (χ1v) is 14.5. The average molecular weight is 596 g/mol. The van der Waals surface area contributed by atoms with Crippen LogP contribution in [0.5, 0.6) is 0 Å². The number of azo groups is 1. The number of hydrogen-bond donors (Lipinski definition) is 6. The highest BCUT2D eigenvalue weighted by molar-refractivity contribution is 5.87. The molecule has 12 heteroatoms. The summed E-state index contributed by atoms with van der Waals surface area (Å²) in [5, 5.41) is 72.6. The van der Waals surface area contributed by atoms with Crippen LogP contribution in [-0.4, -0.2) is 82.8 Å². The molecule has 5 bridgehead atoms. The van der Waals surface area contributed by atoms with E-state index < -0.39 is 75.4 Å². The minimum absolute atomic E-state index is 0.0487. The van der Waals surface area contributed by atoms with E-state index in [4.69, 9.17) is 14.2 Å². The Hall–Kier alpha value is -2.97. The van der Waals surface area contributed by atoms with Crippen molar-refractivity contribution in [2.24, 2.45) is 27.0 Å². The Morgan fingerprint density at radius 3 is 2.42 bits per heavy atom. The molecule has 1 aliphatic carbocycles. The smallest absolute Gasteiger partial charge is 0.355 e. The summed E-state index contributed by atoms with van der Waals surface area (Å²) in [6.45, 7) is 10.2. The van der Waals surface area contributed by atoms with Gasteiger partial charge < -0.3 is 44.7 Å². The average Bonchev–Trinajstić information content (AvgIpc) is 3.54. The van der Waals surface area contributed by atoms with E-state index in [2.05, 4.69) is 21.8 Å². The van der Waals surface area contributed by atoms with Crippen LogP contribution in [0.2, 0.25) is 0 Å². The Morgan fingerprint density at radius 1 is 1.09 bits per heavy atom. The first kappa shape index (κ1) is 28.8. The Morgan fingerprint density at radius 2 is 1.79 bits per heavy atom. The fraction of sp³-hybridized carbons (Fsp3) is 0.581. The van der Waals surface area contributed by atoms with Gasteiger partial charge in [0.05, 0.1) is 11.1 Å². The molecule has 0 radical (unpaired) electrons. The quantitative estimate of drug-likeness (QED) is 0.172. The molecule has 230 valence electrons. The van der Waals surface area contributed by atoms with E-state index in [1.165, 1.54) is 26.1 Å². The molecule has 2 aromatic rings. The monoisotopic (exact) mass is 595 g/mol. The normalized spacial score (nSPS) is 49.6. The molecule has 1 aromatic heterocycles. The first-order valence-electron chi connectivity index (χ1n) is 14.5. The zero-order chi connectivity index (χ0) is 31.1. The second-order valence-corrected chi connectivity index (χ2v) is 13.5. The van der Waals surface area contributed by atoms with Crippen LogP contribution in [0.4, 0.5) is 5.69 Å². The molecular formula is C31H37N3O9. The third-order valence-corrected chi connectivity index (χ3v) is 11.6. The SMILES string of the molecule is C=C1CC[C@]2(O)[C@]3(C)CC4(O)O[C@@]2([C@@H]1O)[C@]1(N=Nc2ccccc2)O[C@@]3(O)[C@H](OC(=O)c2ccc[nH]2)[C@](O)(C(C)C)[C@]41C. The topological polar surface area (TPSA) is 186 Å². The van der Waals surface area contributed by atoms with Gasteiger partial charge in [-0.05, 0) is 55.5 Å². The number of carbonyl (C=O) groups excluding carboxylic acids is 1. The lowest BCUT2D eigenvalue weighted by molar-refractivity contribution is -0.516. The fourth-order valence-electron chi connectivity index (χ4n) is 9.30. The second-order valence-electron chi connectivity index (χ2n) is 13.5. The molecule has 7 rings (SSSR count). The number of aromatic nitrogens is 1. The summed E-state index contributed by atoms with van der Waals surface area (Å²) in [5.41, 5.74) is -12.5. The number of nitrogens with one attached hydrogen (secondary N) is 1. The minimum Gasteiger partial charge on any atom is -0.449 e. The van der Waals surface area contributed by atoms with Crippen molar-refractivity contribution in [2.45, 2.75) is 93.3 Å². The van der Waals surface area contributed by atoms with Crippen molar-refractivity contribution in [2.75, 3.05) is 0 Å². The summed E-state index contributed by atoms with van der Waals surface area (Å²) in [6, 6.07) is 11.6. The third-order valence-electron chi connectivity index (χ3n) is 11.6. The van der Waals surface area contributed by atoms with Crippen LogP contribution in [0.15, 0.2) is 71.0 Å². The number of benzene rings is 1. The maximum atomic E-state index is 13.5. The predicted molar refractivity (Wildman–Crippen MR) is 148 cm³/mol. The molecule has 12 nitrogen and oxygen atoms in total. The molecule has 1 spiro atoms. The molecule has 4 saturated heterocycles. The number of hydrogen-bond acceptors (Lipinski definition) is 11. The van der Waals surface area contributed by atoms with Crippen molar-refractivity contribution in [1.29, 1.82) is 0 Å². The minimum atomic E-state index is -2.67. The lowest BCUT2D eigenvalue weighted by Gasteiger charge is -2.74. The predicted octanol–water partition coefficient (Wildman–Crippen LogP) is 2.46. The van der Waals surface area contributed by atoms with E-state index in [0.29, 0.717) is 5.69 Å². The zero-order valence-corrected chi connectivity index (χ0v) is 24.4. The van der Waals surface area contributed by atoms with Crippen LogP contribution in [0.25, 0.3) is 0 Å². The van der Waals surface area contributed by atoms with Crippen LogP contribution < -0.4 is 0 Å². The fourth-order valence-corrected chi connectivity index (χ4v) is 9.30. The Kier molecular flexibility index (Phi) is 5.48. The maximum absolute atomic E-state index is 13.5. The zero-order valence-electron chi connectivity index (χ0n) is 24.4. The number of rotatable bonds is 5. The molecule has 1 unspecified atom stereocenters. The van der Waals surface area contributed by atoms with Crippen LogP contribution in [0.1, 0.15) is 57.4 Å². The highest BCUT2D eigenvalue weighted by atomic mass is 16.8. The van der Waals surface area contributed by atoms with E-state index in [0.717, 1.165) is 0 Å². The van der Waals surface area contributed by atoms with E-state index in [1.54, 1.807) is 50.2 Å². The van der Waals surface area contributed by atoms with E-state index in [-0.39, 0.29) is 24.1 Å². The van der Waals surface area contributed by atoms with Gasteiger partial charge in [0.25, 0.3) is 0 Å². The number of aromatic amines is 1. The summed E-state index contributed by atoms with van der Waals surface area (Å²) in [4.78, 5) is 16.2. The number of fused-ring (bicyclic) bond motifs is 4. The van der Waals surface area contributed by atoms with Gasteiger partial charge >= 0.3 is 5.97 Å². The Bertz CT molecular complexity index is 1550. The summed E-state index contributed by atoms with van der Waals surface area (Å²) < 4.78 is 19.1. The molecule has 43 heavy (non-hydrogen) atoms. The number of aliphatic hydroxyl groups excluding tert-OH is 1. The van der Waals surface area contributed by atoms with Gasteiger partial charge in [0.1, 0.15) is 28.4 Å². The molecule has 5 heterocycles. The van der Waals surface area contributed by atoms with Crippen LogP contribution in [0.3, 0.4) is 0 Å². The number of aliphatic hydroxyl groups is 5. The molecule has 1 aromatic carbocycles. The van der Waals surface area contributed by atoms with Crippen molar-refractivity contribution in [3.05, 3.63) is 66.5 Å². The van der Waals surface area contributed by atoms with Gasteiger partial charge in [-0.25, -0.2) is 4.79 Å². The van der Waals surface area contributed by atoms with Crippen molar-refractivity contribution < 1.29 is 44.5 Å². The highest BCUT2D eigenvalue weighted by Crippen LogP contribution is 2.85. The number of ether oxygens (including phenoxy) is 3. The number of nitrogens with zero attached hydrogens (tertiary/aromatic N) is 2. The number of carbonyl (C=O) groups is 1. The van der Waals surface area contributed by atoms with E-state index >= 15 is 0 Å². The van der Waals surface area contributed by atoms with Gasteiger partial charge in [-0.2, -0.15) is 5.11 Å². The molecule has 10 atom stereocenters. The van der Waals surface area contributed by atoms with Gasteiger partial charge in [-0.1, -0.05) is 45.5 Å².